The SMILES string of the molecule is N#Cc1ccc2c(c1)c1ccccc1n2-c1cccc(-c2cc(C#N)c(C#N)c(-c3ccccc3-n3c4ccccc4c4ccccc43)c2)c1. The van der Waals surface area contributed by atoms with Crippen LogP contribution < -0.4 is 0 Å². The molecule has 9 rings (SSSR count). The highest BCUT2D eigenvalue weighted by molar-refractivity contribution is 6.11. The molecule has 0 spiro atoms. The zero-order valence-electron chi connectivity index (χ0n) is 26.7. The van der Waals surface area contributed by atoms with Crippen molar-refractivity contribution in [3.8, 4) is 51.8 Å². The highest BCUT2D eigenvalue weighted by atomic mass is 15.0. The zero-order chi connectivity index (χ0) is 33.8. The summed E-state index contributed by atoms with van der Waals surface area (Å²) in [7, 11) is 0. The number of benzene rings is 7. The summed E-state index contributed by atoms with van der Waals surface area (Å²) in [4.78, 5) is 0. The van der Waals surface area contributed by atoms with Gasteiger partial charge in [0.05, 0.1) is 50.5 Å². The van der Waals surface area contributed by atoms with Crippen LogP contribution in [0.5, 0.6) is 0 Å². The standard InChI is InChI=1S/C45H25N5/c46-26-29-20-21-45-39(22-29)37-15-4-5-16-41(37)49(45)33-11-9-10-30(24-33)31-23-32(27-47)40(28-48)38(25-31)36-14-3-8-19-44(36)50-42-17-6-1-12-34(42)35-13-2-7-18-43(35)50/h1-25H. The normalized spacial score (nSPS) is 11.1. The van der Waals surface area contributed by atoms with Crippen LogP contribution in [-0.2, 0) is 0 Å². The molecule has 0 unspecified atom stereocenters. The van der Waals surface area contributed by atoms with E-state index in [-0.39, 0.29) is 0 Å². The summed E-state index contributed by atoms with van der Waals surface area (Å²) in [5, 5.41) is 34.9. The van der Waals surface area contributed by atoms with Gasteiger partial charge >= 0.3 is 0 Å². The van der Waals surface area contributed by atoms with Gasteiger partial charge in [-0.1, -0.05) is 84.9 Å². The number of hydrogen-bond acceptors (Lipinski definition) is 3. The van der Waals surface area contributed by atoms with E-state index in [4.69, 9.17) is 0 Å². The molecule has 0 N–H and O–H groups in total. The minimum absolute atomic E-state index is 0.323. The molecule has 2 aromatic heterocycles. The number of fused-ring (bicyclic) bond motifs is 6. The predicted octanol–water partition coefficient (Wildman–Crippen LogP) is 10.8. The monoisotopic (exact) mass is 635 g/mol. The Morgan fingerprint density at radius 2 is 1.02 bits per heavy atom. The van der Waals surface area contributed by atoms with Gasteiger partial charge in [0, 0.05) is 38.4 Å². The first-order valence-electron chi connectivity index (χ1n) is 16.3. The number of rotatable bonds is 4. The van der Waals surface area contributed by atoms with Crippen molar-refractivity contribution in [1.82, 2.24) is 9.13 Å². The first-order chi connectivity index (χ1) is 24.7. The Morgan fingerprint density at radius 3 is 1.70 bits per heavy atom. The van der Waals surface area contributed by atoms with Gasteiger partial charge in [-0.15, -0.1) is 0 Å². The Kier molecular flexibility index (Phi) is 6.56. The predicted molar refractivity (Wildman–Crippen MR) is 200 cm³/mol. The van der Waals surface area contributed by atoms with Gasteiger partial charge in [0.25, 0.3) is 0 Å². The average Bonchev–Trinajstić information content (AvgIpc) is 3.70. The molecule has 5 nitrogen and oxygen atoms in total. The molecule has 0 saturated heterocycles. The molecule has 0 saturated carbocycles. The number of nitrogens with zero attached hydrogens (tertiary/aromatic N) is 5. The fourth-order valence-electron chi connectivity index (χ4n) is 7.45. The van der Waals surface area contributed by atoms with Crippen LogP contribution in [-0.4, -0.2) is 9.13 Å². The molecule has 0 aliphatic carbocycles. The van der Waals surface area contributed by atoms with E-state index >= 15 is 0 Å². The summed E-state index contributed by atoms with van der Waals surface area (Å²) in [6.07, 6.45) is 0. The van der Waals surface area contributed by atoms with Gasteiger partial charge < -0.3 is 9.13 Å². The summed E-state index contributed by atoms with van der Waals surface area (Å²) in [6, 6.07) is 57.9. The summed E-state index contributed by atoms with van der Waals surface area (Å²) in [6.45, 7) is 0. The average molecular weight is 636 g/mol. The molecule has 0 bridgehead atoms. The first kappa shape index (κ1) is 28.8. The van der Waals surface area contributed by atoms with E-state index < -0.39 is 0 Å². The third kappa shape index (κ3) is 4.31. The lowest BCUT2D eigenvalue weighted by Crippen LogP contribution is -2.00. The van der Waals surface area contributed by atoms with Crippen LogP contribution in [0.4, 0.5) is 0 Å². The van der Waals surface area contributed by atoms with Crippen LogP contribution in [0.2, 0.25) is 0 Å². The zero-order valence-corrected chi connectivity index (χ0v) is 26.7. The Bertz CT molecular complexity index is 2920. The Morgan fingerprint density at radius 1 is 0.400 bits per heavy atom. The maximum atomic E-state index is 10.5. The fraction of sp³-hybridized carbons (Fsp3) is 0. The second kappa shape index (κ2) is 11.4. The van der Waals surface area contributed by atoms with E-state index in [1.807, 2.05) is 84.9 Å². The van der Waals surface area contributed by atoms with Crippen LogP contribution in [0.25, 0.3) is 77.2 Å². The van der Waals surface area contributed by atoms with Gasteiger partial charge in [0.2, 0.25) is 0 Å². The molecule has 9 aromatic rings. The molecule has 5 heteroatoms. The molecule has 0 aliphatic heterocycles. The lowest BCUT2D eigenvalue weighted by atomic mass is 9.90. The Balaban J connectivity index is 1.27. The van der Waals surface area contributed by atoms with E-state index in [1.54, 1.807) is 0 Å². The first-order valence-corrected chi connectivity index (χ1v) is 16.3. The molecule has 7 aromatic carbocycles. The van der Waals surface area contributed by atoms with Crippen molar-refractivity contribution >= 4 is 43.6 Å². The van der Waals surface area contributed by atoms with Crippen LogP contribution in [0, 0.1) is 34.0 Å². The summed E-state index contributed by atoms with van der Waals surface area (Å²) in [5.74, 6) is 0. The Hall–Kier alpha value is -7.39. The van der Waals surface area contributed by atoms with E-state index in [2.05, 4.69) is 94.1 Å². The van der Waals surface area contributed by atoms with Crippen molar-refractivity contribution in [2.24, 2.45) is 0 Å². The van der Waals surface area contributed by atoms with Crippen LogP contribution in [0.3, 0.4) is 0 Å². The molecular weight excluding hydrogens is 611 g/mol. The van der Waals surface area contributed by atoms with Crippen molar-refractivity contribution < 1.29 is 0 Å². The maximum Gasteiger partial charge on any atom is 0.101 e. The lowest BCUT2D eigenvalue weighted by Gasteiger charge is -2.17. The molecule has 0 atom stereocenters. The molecule has 0 amide bonds. The largest absolute Gasteiger partial charge is 0.309 e. The van der Waals surface area contributed by atoms with Gasteiger partial charge in [-0.3, -0.25) is 0 Å². The van der Waals surface area contributed by atoms with Gasteiger partial charge in [-0.25, -0.2) is 0 Å². The van der Waals surface area contributed by atoms with Gasteiger partial charge in [0.15, 0.2) is 0 Å². The van der Waals surface area contributed by atoms with E-state index in [1.165, 1.54) is 0 Å². The molecule has 0 fully saturated rings. The quantitative estimate of drug-likeness (QED) is 0.193. The summed E-state index contributed by atoms with van der Waals surface area (Å²) < 4.78 is 4.46. The van der Waals surface area contributed by atoms with Crippen molar-refractivity contribution in [3.05, 3.63) is 168 Å². The smallest absolute Gasteiger partial charge is 0.101 e. The highest BCUT2D eigenvalue weighted by Crippen LogP contribution is 2.40. The molecule has 2 heterocycles. The van der Waals surface area contributed by atoms with E-state index in [0.717, 1.165) is 71.7 Å². The van der Waals surface area contributed by atoms with Gasteiger partial charge in [-0.05, 0) is 77.9 Å². The fourth-order valence-corrected chi connectivity index (χ4v) is 7.45. The van der Waals surface area contributed by atoms with Gasteiger partial charge in [0.1, 0.15) is 12.1 Å². The highest BCUT2D eigenvalue weighted by Gasteiger charge is 2.20. The van der Waals surface area contributed by atoms with Crippen LogP contribution in [0.15, 0.2) is 152 Å². The van der Waals surface area contributed by atoms with Crippen molar-refractivity contribution in [3.63, 3.8) is 0 Å². The molecular formula is C45H25N5. The van der Waals surface area contributed by atoms with Crippen molar-refractivity contribution in [1.29, 1.82) is 15.8 Å². The third-order valence-corrected chi connectivity index (χ3v) is 9.63. The summed E-state index contributed by atoms with van der Waals surface area (Å²) in [5.41, 5.74) is 10.6. The van der Waals surface area contributed by atoms with Gasteiger partial charge in [-0.2, -0.15) is 15.8 Å². The van der Waals surface area contributed by atoms with E-state index in [0.29, 0.717) is 22.3 Å². The topological polar surface area (TPSA) is 81.2 Å². The molecule has 230 valence electrons. The van der Waals surface area contributed by atoms with Crippen LogP contribution >= 0.6 is 0 Å². The number of aromatic nitrogens is 2. The maximum absolute atomic E-state index is 10.5. The third-order valence-electron chi connectivity index (χ3n) is 9.63. The number of hydrogen-bond donors (Lipinski definition) is 0. The number of nitriles is 3. The second-order valence-electron chi connectivity index (χ2n) is 12.3. The van der Waals surface area contributed by atoms with Crippen molar-refractivity contribution in [2.75, 3.05) is 0 Å². The molecule has 50 heavy (non-hydrogen) atoms. The van der Waals surface area contributed by atoms with E-state index in [9.17, 15) is 15.8 Å². The minimum atomic E-state index is 0.323. The minimum Gasteiger partial charge on any atom is -0.309 e. The van der Waals surface area contributed by atoms with Crippen LogP contribution in [0.1, 0.15) is 16.7 Å². The molecule has 0 aliphatic rings. The summed E-state index contributed by atoms with van der Waals surface area (Å²) >= 11 is 0. The second-order valence-corrected chi connectivity index (χ2v) is 12.3. The Labute approximate surface area is 287 Å². The lowest BCUT2D eigenvalue weighted by molar-refractivity contribution is 1.18. The van der Waals surface area contributed by atoms with Crippen molar-refractivity contribution in [2.45, 2.75) is 0 Å². The molecule has 0 radical (unpaired) electrons. The number of para-hydroxylation sites is 4.